The Morgan fingerprint density at radius 2 is 2.10 bits per heavy atom. The Labute approximate surface area is 130 Å². The summed E-state index contributed by atoms with van der Waals surface area (Å²) in [5.41, 5.74) is 0.768. The van der Waals surface area contributed by atoms with Crippen molar-refractivity contribution in [1.29, 1.82) is 0 Å². The van der Waals surface area contributed by atoms with Gasteiger partial charge in [0.1, 0.15) is 11.6 Å². The molecule has 2 aromatic rings. The fourth-order valence-electron chi connectivity index (χ4n) is 2.04. The van der Waals surface area contributed by atoms with Crippen molar-refractivity contribution in [2.45, 2.75) is 25.7 Å². The minimum atomic E-state index is -0.429. The zero-order valence-electron chi connectivity index (χ0n) is 11.8. The third kappa shape index (κ3) is 3.00. The van der Waals surface area contributed by atoms with Gasteiger partial charge in [-0.25, -0.2) is 9.37 Å². The standard InChI is InChI=1S/C15H15BrFN3O/c1-8-13(18-2)19-14(9-3-4-9)20-15(8)21-12-6-5-10(16)7-11(12)17/h5-7,9H,3-4H2,1-2H3,(H,18,19,20). The predicted molar refractivity (Wildman–Crippen MR) is 82.5 cm³/mol. The third-order valence-corrected chi connectivity index (χ3v) is 3.89. The van der Waals surface area contributed by atoms with Gasteiger partial charge in [0.05, 0.1) is 5.56 Å². The number of rotatable bonds is 4. The van der Waals surface area contributed by atoms with E-state index in [1.165, 1.54) is 6.07 Å². The minimum absolute atomic E-state index is 0.156. The molecule has 0 atom stereocenters. The van der Waals surface area contributed by atoms with E-state index in [1.54, 1.807) is 19.2 Å². The molecule has 3 rings (SSSR count). The van der Waals surface area contributed by atoms with Crippen molar-refractivity contribution < 1.29 is 9.13 Å². The molecule has 1 fully saturated rings. The number of benzene rings is 1. The molecule has 0 bridgehead atoms. The fourth-order valence-corrected chi connectivity index (χ4v) is 2.37. The van der Waals surface area contributed by atoms with Gasteiger partial charge in [-0.15, -0.1) is 0 Å². The molecule has 1 aliphatic rings. The van der Waals surface area contributed by atoms with Gasteiger partial charge in [-0.2, -0.15) is 4.98 Å². The second-order valence-corrected chi connectivity index (χ2v) is 5.98. The van der Waals surface area contributed by atoms with Crippen LogP contribution in [0.4, 0.5) is 10.2 Å². The van der Waals surface area contributed by atoms with Gasteiger partial charge in [0.25, 0.3) is 0 Å². The van der Waals surface area contributed by atoms with E-state index in [-0.39, 0.29) is 5.75 Å². The van der Waals surface area contributed by atoms with Gasteiger partial charge in [-0.1, -0.05) is 15.9 Å². The lowest BCUT2D eigenvalue weighted by molar-refractivity contribution is 0.421. The quantitative estimate of drug-likeness (QED) is 0.886. The molecule has 4 nitrogen and oxygen atoms in total. The number of nitrogens with zero attached hydrogens (tertiary/aromatic N) is 2. The smallest absolute Gasteiger partial charge is 0.227 e. The zero-order valence-corrected chi connectivity index (χ0v) is 13.4. The van der Waals surface area contributed by atoms with Crippen molar-refractivity contribution in [3.8, 4) is 11.6 Å². The van der Waals surface area contributed by atoms with Crippen LogP contribution in [-0.2, 0) is 0 Å². The summed E-state index contributed by atoms with van der Waals surface area (Å²) in [5.74, 6) is 2.01. The van der Waals surface area contributed by atoms with E-state index < -0.39 is 5.82 Å². The highest BCUT2D eigenvalue weighted by molar-refractivity contribution is 9.10. The predicted octanol–water partition coefficient (Wildman–Crippen LogP) is 4.40. The van der Waals surface area contributed by atoms with Crippen molar-refractivity contribution >= 4 is 21.7 Å². The Balaban J connectivity index is 1.98. The lowest BCUT2D eigenvalue weighted by Crippen LogP contribution is -2.05. The Morgan fingerprint density at radius 1 is 1.33 bits per heavy atom. The number of nitrogens with one attached hydrogen (secondary N) is 1. The molecule has 0 radical (unpaired) electrons. The van der Waals surface area contributed by atoms with Gasteiger partial charge < -0.3 is 10.1 Å². The van der Waals surface area contributed by atoms with E-state index >= 15 is 0 Å². The van der Waals surface area contributed by atoms with E-state index in [4.69, 9.17) is 4.74 Å². The number of hydrogen-bond acceptors (Lipinski definition) is 4. The molecule has 0 saturated heterocycles. The van der Waals surface area contributed by atoms with E-state index in [2.05, 4.69) is 31.2 Å². The normalized spacial score (nSPS) is 14.1. The maximum Gasteiger partial charge on any atom is 0.227 e. The minimum Gasteiger partial charge on any atom is -0.435 e. The molecular weight excluding hydrogens is 337 g/mol. The van der Waals surface area contributed by atoms with Crippen LogP contribution in [0.2, 0.25) is 0 Å². The molecule has 1 aromatic carbocycles. The number of ether oxygens (including phenoxy) is 1. The van der Waals surface area contributed by atoms with Crippen LogP contribution in [-0.4, -0.2) is 17.0 Å². The van der Waals surface area contributed by atoms with E-state index in [0.717, 1.165) is 30.0 Å². The van der Waals surface area contributed by atoms with Gasteiger partial charge in [-0.05, 0) is 38.0 Å². The molecule has 0 aliphatic heterocycles. The first-order chi connectivity index (χ1) is 10.1. The Morgan fingerprint density at radius 3 is 2.71 bits per heavy atom. The van der Waals surface area contributed by atoms with Crippen LogP contribution in [0.3, 0.4) is 0 Å². The van der Waals surface area contributed by atoms with E-state index in [9.17, 15) is 4.39 Å². The van der Waals surface area contributed by atoms with Crippen LogP contribution in [0.5, 0.6) is 11.6 Å². The number of hydrogen-bond donors (Lipinski definition) is 1. The molecule has 21 heavy (non-hydrogen) atoms. The molecule has 1 saturated carbocycles. The van der Waals surface area contributed by atoms with Crippen molar-refractivity contribution in [3.63, 3.8) is 0 Å². The van der Waals surface area contributed by atoms with Crippen molar-refractivity contribution in [2.24, 2.45) is 0 Å². The third-order valence-electron chi connectivity index (χ3n) is 3.40. The van der Waals surface area contributed by atoms with Gasteiger partial charge in [0, 0.05) is 17.4 Å². The van der Waals surface area contributed by atoms with Crippen LogP contribution >= 0.6 is 15.9 Å². The lowest BCUT2D eigenvalue weighted by Gasteiger charge is -2.13. The van der Waals surface area contributed by atoms with Crippen molar-refractivity contribution in [3.05, 3.63) is 39.9 Å². The number of anilines is 1. The summed E-state index contributed by atoms with van der Waals surface area (Å²) < 4.78 is 20.2. The van der Waals surface area contributed by atoms with Crippen molar-refractivity contribution in [2.75, 3.05) is 12.4 Å². The van der Waals surface area contributed by atoms with Crippen LogP contribution in [0.1, 0.15) is 30.1 Å². The highest BCUT2D eigenvalue weighted by Crippen LogP contribution is 2.40. The second kappa shape index (κ2) is 5.60. The molecule has 0 amide bonds. The molecule has 110 valence electrons. The molecular formula is C15H15BrFN3O. The molecule has 6 heteroatoms. The lowest BCUT2D eigenvalue weighted by atomic mass is 10.3. The van der Waals surface area contributed by atoms with Crippen LogP contribution < -0.4 is 10.1 Å². The average molecular weight is 352 g/mol. The summed E-state index contributed by atoms with van der Waals surface area (Å²) in [4.78, 5) is 8.94. The van der Waals surface area contributed by atoms with Crippen LogP contribution in [0.25, 0.3) is 0 Å². The SMILES string of the molecule is CNc1nc(C2CC2)nc(Oc2ccc(Br)cc2F)c1C. The molecule has 1 heterocycles. The van der Waals surface area contributed by atoms with Crippen molar-refractivity contribution in [1.82, 2.24) is 9.97 Å². The van der Waals surface area contributed by atoms with Gasteiger partial charge in [0.15, 0.2) is 11.6 Å². The maximum atomic E-state index is 13.9. The monoisotopic (exact) mass is 351 g/mol. The Bertz CT molecular complexity index is 689. The Hall–Kier alpha value is -1.69. The first-order valence-corrected chi connectivity index (χ1v) is 7.57. The van der Waals surface area contributed by atoms with Gasteiger partial charge >= 0.3 is 0 Å². The molecule has 1 N–H and O–H groups in total. The summed E-state index contributed by atoms with van der Waals surface area (Å²) >= 11 is 3.23. The fraction of sp³-hybridized carbons (Fsp3) is 0.333. The molecule has 0 spiro atoms. The Kier molecular flexibility index (Phi) is 3.80. The molecule has 0 unspecified atom stereocenters. The number of aromatic nitrogens is 2. The maximum absolute atomic E-state index is 13.9. The highest BCUT2D eigenvalue weighted by Gasteiger charge is 2.28. The van der Waals surface area contributed by atoms with E-state index in [1.807, 2.05) is 6.92 Å². The highest BCUT2D eigenvalue weighted by atomic mass is 79.9. The molecule has 1 aliphatic carbocycles. The largest absolute Gasteiger partial charge is 0.435 e. The first kappa shape index (κ1) is 14.3. The zero-order chi connectivity index (χ0) is 15.0. The second-order valence-electron chi connectivity index (χ2n) is 5.06. The van der Waals surface area contributed by atoms with E-state index in [0.29, 0.717) is 16.3 Å². The van der Waals surface area contributed by atoms with Crippen LogP contribution in [0.15, 0.2) is 22.7 Å². The van der Waals surface area contributed by atoms with Crippen LogP contribution in [0, 0.1) is 12.7 Å². The average Bonchev–Trinajstić information content (AvgIpc) is 3.28. The topological polar surface area (TPSA) is 47.0 Å². The summed E-state index contributed by atoms with van der Waals surface area (Å²) in [6.45, 7) is 1.86. The summed E-state index contributed by atoms with van der Waals surface area (Å²) in [7, 11) is 1.80. The van der Waals surface area contributed by atoms with Gasteiger partial charge in [0.2, 0.25) is 5.88 Å². The first-order valence-electron chi connectivity index (χ1n) is 6.77. The number of halogens is 2. The molecule has 1 aromatic heterocycles. The summed E-state index contributed by atoms with van der Waals surface area (Å²) in [6, 6.07) is 4.68. The summed E-state index contributed by atoms with van der Waals surface area (Å²) in [6.07, 6.45) is 2.19. The summed E-state index contributed by atoms with van der Waals surface area (Å²) in [5, 5.41) is 3.04. The van der Waals surface area contributed by atoms with Gasteiger partial charge in [-0.3, -0.25) is 0 Å².